The number of carbonyl (C=O) groups is 1. The highest BCUT2D eigenvalue weighted by Gasteiger charge is 2.12. The number of allylic oxidation sites excluding steroid dienone is 1. The van der Waals surface area contributed by atoms with Gasteiger partial charge >= 0.3 is 6.03 Å². The van der Waals surface area contributed by atoms with Gasteiger partial charge in [0.05, 0.1) is 19.4 Å². The Balaban J connectivity index is 3.16. The van der Waals surface area contributed by atoms with Gasteiger partial charge in [-0.15, -0.1) is 6.58 Å². The van der Waals surface area contributed by atoms with Crippen LogP contribution in [-0.4, -0.2) is 25.5 Å². The molecule has 0 aliphatic carbocycles. The number of hydrazone groups is 1. The summed E-state index contributed by atoms with van der Waals surface area (Å²) < 4.78 is 11.5. The Labute approximate surface area is 131 Å². The topological polar surface area (TPSA) is 85.9 Å². The zero-order valence-electron chi connectivity index (χ0n) is 13.1. The van der Waals surface area contributed by atoms with Gasteiger partial charge < -0.3 is 15.2 Å². The molecule has 0 aliphatic rings. The molecule has 0 aliphatic heterocycles. The van der Waals surface area contributed by atoms with Crippen molar-refractivity contribution in [3.63, 3.8) is 0 Å². The predicted octanol–water partition coefficient (Wildman–Crippen LogP) is 2.60. The van der Waals surface area contributed by atoms with E-state index in [2.05, 4.69) is 17.1 Å². The van der Waals surface area contributed by atoms with Crippen LogP contribution in [0.2, 0.25) is 0 Å². The Kier molecular flexibility index (Phi) is 7.53. The largest absolute Gasteiger partial charge is 0.490 e. The summed E-state index contributed by atoms with van der Waals surface area (Å²) in [5.41, 5.74) is 8.86. The molecule has 1 aromatic carbocycles. The van der Waals surface area contributed by atoms with Crippen LogP contribution in [0.5, 0.6) is 11.5 Å². The molecule has 2 amide bonds. The molecular weight excluding hydrogens is 282 g/mol. The Morgan fingerprint density at radius 3 is 2.77 bits per heavy atom. The molecule has 0 atom stereocenters. The van der Waals surface area contributed by atoms with Crippen molar-refractivity contribution in [3.05, 3.63) is 35.9 Å². The second kappa shape index (κ2) is 9.44. The van der Waals surface area contributed by atoms with E-state index in [-0.39, 0.29) is 0 Å². The van der Waals surface area contributed by atoms with Crippen molar-refractivity contribution >= 4 is 12.2 Å². The molecule has 0 fully saturated rings. The molecular formula is C16H23N3O3. The number of nitrogens with one attached hydrogen (secondary N) is 1. The van der Waals surface area contributed by atoms with Gasteiger partial charge in [-0.25, -0.2) is 10.2 Å². The molecule has 0 saturated heterocycles. The van der Waals surface area contributed by atoms with Gasteiger partial charge in [-0.05, 0) is 37.5 Å². The first-order valence-corrected chi connectivity index (χ1v) is 7.24. The number of primary amides is 1. The van der Waals surface area contributed by atoms with Crippen LogP contribution in [0, 0.1) is 0 Å². The first-order chi connectivity index (χ1) is 10.6. The van der Waals surface area contributed by atoms with Gasteiger partial charge in [0.15, 0.2) is 11.5 Å². The highest BCUT2D eigenvalue weighted by molar-refractivity contribution is 5.83. The quantitative estimate of drug-likeness (QED) is 0.418. The van der Waals surface area contributed by atoms with Gasteiger partial charge in [0, 0.05) is 5.56 Å². The second-order valence-corrected chi connectivity index (χ2v) is 4.52. The fourth-order valence-electron chi connectivity index (χ4n) is 1.87. The van der Waals surface area contributed by atoms with E-state index in [9.17, 15) is 4.79 Å². The molecule has 6 heteroatoms. The van der Waals surface area contributed by atoms with Crippen LogP contribution in [0.1, 0.15) is 31.4 Å². The number of carbonyl (C=O) groups excluding carboxylic acids is 1. The van der Waals surface area contributed by atoms with E-state index >= 15 is 0 Å². The normalized spacial score (nSPS) is 10.5. The van der Waals surface area contributed by atoms with Gasteiger partial charge in [-0.1, -0.05) is 13.0 Å². The van der Waals surface area contributed by atoms with Crippen LogP contribution in [0.4, 0.5) is 4.79 Å². The van der Waals surface area contributed by atoms with E-state index < -0.39 is 6.03 Å². The summed E-state index contributed by atoms with van der Waals surface area (Å²) in [6.07, 6.45) is 4.85. The smallest absolute Gasteiger partial charge is 0.332 e. The van der Waals surface area contributed by atoms with E-state index in [0.717, 1.165) is 23.3 Å². The summed E-state index contributed by atoms with van der Waals surface area (Å²) in [6, 6.07) is 3.02. The summed E-state index contributed by atoms with van der Waals surface area (Å²) in [7, 11) is 0. The molecule has 0 bridgehead atoms. The first-order valence-electron chi connectivity index (χ1n) is 7.24. The van der Waals surface area contributed by atoms with Crippen LogP contribution >= 0.6 is 0 Å². The van der Waals surface area contributed by atoms with Gasteiger partial charge in [0.25, 0.3) is 0 Å². The molecule has 1 aromatic rings. The Morgan fingerprint density at radius 1 is 1.41 bits per heavy atom. The van der Waals surface area contributed by atoms with Crippen molar-refractivity contribution in [2.45, 2.75) is 26.7 Å². The molecule has 0 radical (unpaired) electrons. The lowest BCUT2D eigenvalue weighted by Crippen LogP contribution is -2.24. The third-order valence-corrected chi connectivity index (χ3v) is 2.66. The van der Waals surface area contributed by atoms with Gasteiger partial charge in [-0.2, -0.15) is 5.10 Å². The van der Waals surface area contributed by atoms with E-state index in [1.807, 2.05) is 26.0 Å². The molecule has 0 heterocycles. The third-order valence-electron chi connectivity index (χ3n) is 2.66. The summed E-state index contributed by atoms with van der Waals surface area (Å²) in [5, 5.41) is 3.76. The minimum Gasteiger partial charge on any atom is -0.490 e. The molecule has 0 aromatic heterocycles. The molecule has 0 spiro atoms. The maximum atomic E-state index is 10.6. The van der Waals surface area contributed by atoms with Crippen LogP contribution in [0.25, 0.3) is 0 Å². The lowest BCUT2D eigenvalue weighted by Gasteiger charge is -2.16. The summed E-state index contributed by atoms with van der Waals surface area (Å²) in [6.45, 7) is 8.86. The molecule has 0 unspecified atom stereocenters. The highest BCUT2D eigenvalue weighted by atomic mass is 16.5. The zero-order valence-corrected chi connectivity index (χ0v) is 13.1. The maximum Gasteiger partial charge on any atom is 0.332 e. The summed E-state index contributed by atoms with van der Waals surface area (Å²) >= 11 is 0. The number of benzene rings is 1. The fourth-order valence-corrected chi connectivity index (χ4v) is 1.87. The Hall–Kier alpha value is -2.50. The van der Waals surface area contributed by atoms with Crippen LogP contribution < -0.4 is 20.6 Å². The molecule has 0 saturated carbocycles. The molecule has 120 valence electrons. The average molecular weight is 305 g/mol. The number of rotatable bonds is 9. The highest BCUT2D eigenvalue weighted by Crippen LogP contribution is 2.33. The minimum atomic E-state index is -0.713. The molecule has 3 N–H and O–H groups in total. The van der Waals surface area contributed by atoms with Crippen molar-refractivity contribution in [3.8, 4) is 11.5 Å². The summed E-state index contributed by atoms with van der Waals surface area (Å²) in [4.78, 5) is 10.6. The van der Waals surface area contributed by atoms with E-state index in [0.29, 0.717) is 25.4 Å². The monoisotopic (exact) mass is 305 g/mol. The molecule has 22 heavy (non-hydrogen) atoms. The predicted molar refractivity (Wildman–Crippen MR) is 87.6 cm³/mol. The summed E-state index contributed by atoms with van der Waals surface area (Å²) in [5.74, 6) is 1.37. The standard InChI is InChI=1S/C16H23N3O3/c1-4-7-13-9-12(11-18-19-16(17)20)10-14(21-6-3)15(13)22-8-5-2/h4,9-11H,1,5-8H2,2-3H3,(H3,17,19,20). The third kappa shape index (κ3) is 5.47. The average Bonchev–Trinajstić information content (AvgIpc) is 2.47. The van der Waals surface area contributed by atoms with Gasteiger partial charge in [0.1, 0.15) is 0 Å². The van der Waals surface area contributed by atoms with E-state index in [4.69, 9.17) is 15.2 Å². The number of hydrogen-bond donors (Lipinski definition) is 2. The van der Waals surface area contributed by atoms with Crippen molar-refractivity contribution in [2.75, 3.05) is 13.2 Å². The van der Waals surface area contributed by atoms with Crippen molar-refractivity contribution in [1.82, 2.24) is 5.43 Å². The fraction of sp³-hybridized carbons (Fsp3) is 0.375. The van der Waals surface area contributed by atoms with E-state index in [1.54, 1.807) is 6.08 Å². The minimum absolute atomic E-state index is 0.524. The van der Waals surface area contributed by atoms with Gasteiger partial charge in [-0.3, -0.25) is 0 Å². The van der Waals surface area contributed by atoms with Crippen LogP contribution in [0.3, 0.4) is 0 Å². The van der Waals surface area contributed by atoms with Crippen molar-refractivity contribution < 1.29 is 14.3 Å². The Bertz CT molecular complexity index is 542. The van der Waals surface area contributed by atoms with Crippen molar-refractivity contribution in [2.24, 2.45) is 10.8 Å². The number of hydrogen-bond acceptors (Lipinski definition) is 4. The van der Waals surface area contributed by atoms with Gasteiger partial charge in [0.2, 0.25) is 0 Å². The Morgan fingerprint density at radius 2 is 2.18 bits per heavy atom. The number of urea groups is 1. The lowest BCUT2D eigenvalue weighted by molar-refractivity contribution is 0.249. The molecule has 6 nitrogen and oxygen atoms in total. The maximum absolute atomic E-state index is 10.6. The SMILES string of the molecule is C=CCc1cc(C=NNC(N)=O)cc(OCC)c1OCCC. The molecule has 1 rings (SSSR count). The van der Waals surface area contributed by atoms with E-state index in [1.165, 1.54) is 6.21 Å². The number of nitrogens with zero attached hydrogens (tertiary/aromatic N) is 1. The lowest BCUT2D eigenvalue weighted by atomic mass is 10.1. The number of amides is 2. The van der Waals surface area contributed by atoms with Crippen molar-refractivity contribution in [1.29, 1.82) is 0 Å². The number of ether oxygens (including phenoxy) is 2. The van der Waals surface area contributed by atoms with Crippen LogP contribution in [0.15, 0.2) is 29.9 Å². The van der Waals surface area contributed by atoms with Crippen LogP contribution in [-0.2, 0) is 6.42 Å². The second-order valence-electron chi connectivity index (χ2n) is 4.52. The number of nitrogens with two attached hydrogens (primary N) is 1. The zero-order chi connectivity index (χ0) is 16.4. The first kappa shape index (κ1) is 17.6.